The van der Waals surface area contributed by atoms with Crippen molar-refractivity contribution in [2.24, 2.45) is 0 Å². The highest BCUT2D eigenvalue weighted by molar-refractivity contribution is 5.93. The minimum Gasteiger partial charge on any atom is -0.508 e. The van der Waals surface area contributed by atoms with Crippen LogP contribution in [0.25, 0.3) is 22.5 Å². The number of nitrogens with one attached hydrogen (secondary N) is 1. The van der Waals surface area contributed by atoms with E-state index in [2.05, 4.69) is 10.3 Å². The first kappa shape index (κ1) is 19.3. The average Bonchev–Trinajstić information content (AvgIpc) is 2.80. The number of phenolic OH excluding ortho intramolecular Hbond substituents is 1. The molecule has 1 aromatic heterocycles. The summed E-state index contributed by atoms with van der Waals surface area (Å²) in [6.45, 7) is 0. The van der Waals surface area contributed by atoms with Gasteiger partial charge in [0, 0.05) is 17.5 Å². The number of aromatic nitrogens is 2. The fraction of sp³-hybridized carbons (Fsp3) is 0.0800. The molecule has 0 bridgehead atoms. The zero-order valence-electron chi connectivity index (χ0n) is 16.3. The maximum absolute atomic E-state index is 12.6. The van der Waals surface area contributed by atoms with Gasteiger partial charge in [0.2, 0.25) is 5.91 Å². The molecule has 0 aliphatic rings. The molecule has 148 valence electrons. The molecule has 0 atom stereocenters. The number of nitrogens with zero attached hydrogens (tertiary/aromatic N) is 2. The van der Waals surface area contributed by atoms with Crippen LogP contribution < -0.4 is 5.32 Å². The molecular weight excluding hydrogens is 374 g/mol. The Morgan fingerprint density at radius 1 is 0.833 bits per heavy atom. The number of hydrogen-bond acceptors (Lipinski definition) is 4. The van der Waals surface area contributed by atoms with Crippen molar-refractivity contribution in [1.82, 2.24) is 9.97 Å². The topological polar surface area (TPSA) is 75.1 Å². The predicted molar refractivity (Wildman–Crippen MR) is 118 cm³/mol. The van der Waals surface area contributed by atoms with Crippen LogP contribution in [0.1, 0.15) is 12.0 Å². The van der Waals surface area contributed by atoms with E-state index in [4.69, 9.17) is 4.98 Å². The minimum atomic E-state index is -0.124. The van der Waals surface area contributed by atoms with E-state index in [0.717, 1.165) is 16.7 Å². The zero-order chi connectivity index (χ0) is 20.8. The molecule has 4 rings (SSSR count). The normalized spacial score (nSPS) is 10.5. The Morgan fingerprint density at radius 2 is 1.50 bits per heavy atom. The van der Waals surface area contributed by atoms with Gasteiger partial charge in [-0.2, -0.15) is 0 Å². The zero-order valence-corrected chi connectivity index (χ0v) is 16.3. The summed E-state index contributed by atoms with van der Waals surface area (Å²) < 4.78 is 0. The van der Waals surface area contributed by atoms with Crippen molar-refractivity contribution in [1.29, 1.82) is 0 Å². The summed E-state index contributed by atoms with van der Waals surface area (Å²) in [5, 5.41) is 12.5. The Balaban J connectivity index is 1.61. The molecule has 4 aromatic rings. The van der Waals surface area contributed by atoms with Crippen LogP contribution in [0.4, 0.5) is 5.82 Å². The van der Waals surface area contributed by atoms with Gasteiger partial charge in [0.05, 0.1) is 11.9 Å². The molecule has 5 heteroatoms. The van der Waals surface area contributed by atoms with E-state index in [1.165, 1.54) is 0 Å². The summed E-state index contributed by atoms with van der Waals surface area (Å²) in [5.41, 5.74) is 4.07. The number of amides is 1. The van der Waals surface area contributed by atoms with Gasteiger partial charge in [0.15, 0.2) is 5.82 Å². The fourth-order valence-electron chi connectivity index (χ4n) is 3.15. The highest BCUT2D eigenvalue weighted by atomic mass is 16.3. The molecular formula is C25H21N3O2. The predicted octanol–water partition coefficient (Wildman–Crippen LogP) is 5.09. The Labute approximate surface area is 175 Å². The van der Waals surface area contributed by atoms with Crippen LogP contribution in [0.2, 0.25) is 0 Å². The molecule has 0 aliphatic carbocycles. The van der Waals surface area contributed by atoms with Gasteiger partial charge in [-0.05, 0) is 36.2 Å². The summed E-state index contributed by atoms with van der Waals surface area (Å²) >= 11 is 0. The first-order chi connectivity index (χ1) is 14.7. The van der Waals surface area contributed by atoms with E-state index in [0.29, 0.717) is 30.0 Å². The Hall–Kier alpha value is -3.99. The van der Waals surface area contributed by atoms with Gasteiger partial charge in [-0.3, -0.25) is 4.79 Å². The van der Waals surface area contributed by atoms with Crippen molar-refractivity contribution in [3.8, 4) is 28.3 Å². The second-order valence-electron chi connectivity index (χ2n) is 6.90. The lowest BCUT2D eigenvalue weighted by atomic mass is 10.1. The molecule has 5 nitrogen and oxygen atoms in total. The summed E-state index contributed by atoms with van der Waals surface area (Å²) in [7, 11) is 0. The molecule has 3 aromatic carbocycles. The van der Waals surface area contributed by atoms with Crippen molar-refractivity contribution in [3.63, 3.8) is 0 Å². The summed E-state index contributed by atoms with van der Waals surface area (Å²) in [6, 6.07) is 26.3. The summed E-state index contributed by atoms with van der Waals surface area (Å²) in [6.07, 6.45) is 2.66. The van der Waals surface area contributed by atoms with E-state index in [1.807, 2.05) is 60.7 Å². The monoisotopic (exact) mass is 395 g/mol. The van der Waals surface area contributed by atoms with E-state index in [1.54, 1.807) is 30.5 Å². The molecule has 0 fully saturated rings. The Bertz CT molecular complexity index is 1130. The van der Waals surface area contributed by atoms with Gasteiger partial charge in [-0.15, -0.1) is 0 Å². The molecule has 0 saturated carbocycles. The largest absolute Gasteiger partial charge is 0.508 e. The second kappa shape index (κ2) is 9.01. The third-order valence-corrected chi connectivity index (χ3v) is 4.72. The number of aromatic hydroxyl groups is 1. The van der Waals surface area contributed by atoms with Crippen LogP contribution in [-0.2, 0) is 11.2 Å². The first-order valence-corrected chi connectivity index (χ1v) is 9.75. The molecule has 0 aliphatic heterocycles. The maximum atomic E-state index is 12.6. The molecule has 1 amide bonds. The van der Waals surface area contributed by atoms with E-state index >= 15 is 0 Å². The SMILES string of the molecule is O=C(CCc1ccccc1)Nc1ncc(-c2ccccc2)nc1-c1ccc(O)cc1. The summed E-state index contributed by atoms with van der Waals surface area (Å²) in [4.78, 5) is 21.8. The lowest BCUT2D eigenvalue weighted by molar-refractivity contribution is -0.116. The Kier molecular flexibility index (Phi) is 5.80. The third-order valence-electron chi connectivity index (χ3n) is 4.72. The minimum absolute atomic E-state index is 0.124. The van der Waals surface area contributed by atoms with Crippen LogP contribution in [0.15, 0.2) is 91.1 Å². The fourth-order valence-corrected chi connectivity index (χ4v) is 3.15. The van der Waals surface area contributed by atoms with Crippen LogP contribution in [0.5, 0.6) is 5.75 Å². The molecule has 0 spiro atoms. The standard InChI is InChI=1S/C25H21N3O2/c29-21-14-12-20(13-15-21)24-25(26-17-22(27-24)19-9-5-2-6-10-19)28-23(30)16-11-18-7-3-1-4-8-18/h1-10,12-15,17,29H,11,16H2,(H,26,28,30). The Morgan fingerprint density at radius 3 is 2.20 bits per heavy atom. The molecule has 1 heterocycles. The molecule has 0 saturated heterocycles. The smallest absolute Gasteiger partial charge is 0.225 e. The van der Waals surface area contributed by atoms with Gasteiger partial charge in [0.1, 0.15) is 11.4 Å². The first-order valence-electron chi connectivity index (χ1n) is 9.75. The van der Waals surface area contributed by atoms with Crippen molar-refractivity contribution in [3.05, 3.63) is 96.7 Å². The van der Waals surface area contributed by atoms with Crippen LogP contribution >= 0.6 is 0 Å². The number of carbonyl (C=O) groups excluding carboxylic acids is 1. The quantitative estimate of drug-likeness (QED) is 0.477. The van der Waals surface area contributed by atoms with E-state index in [9.17, 15) is 9.90 Å². The summed E-state index contributed by atoms with van der Waals surface area (Å²) in [5.74, 6) is 0.443. The number of carbonyl (C=O) groups is 1. The number of benzene rings is 3. The van der Waals surface area contributed by atoms with Crippen LogP contribution in [0.3, 0.4) is 0 Å². The number of phenols is 1. The van der Waals surface area contributed by atoms with Crippen LogP contribution in [-0.4, -0.2) is 21.0 Å². The highest BCUT2D eigenvalue weighted by Crippen LogP contribution is 2.29. The molecule has 2 N–H and O–H groups in total. The van der Waals surface area contributed by atoms with Gasteiger partial charge in [-0.1, -0.05) is 60.7 Å². The van der Waals surface area contributed by atoms with Crippen molar-refractivity contribution in [2.75, 3.05) is 5.32 Å². The van der Waals surface area contributed by atoms with Gasteiger partial charge < -0.3 is 10.4 Å². The van der Waals surface area contributed by atoms with Crippen molar-refractivity contribution < 1.29 is 9.90 Å². The maximum Gasteiger partial charge on any atom is 0.225 e. The average molecular weight is 395 g/mol. The third kappa shape index (κ3) is 4.70. The van der Waals surface area contributed by atoms with Crippen LogP contribution in [0, 0.1) is 0 Å². The van der Waals surface area contributed by atoms with Gasteiger partial charge in [0.25, 0.3) is 0 Å². The lowest BCUT2D eigenvalue weighted by Crippen LogP contribution is -2.15. The number of hydrogen-bond donors (Lipinski definition) is 2. The van der Waals surface area contributed by atoms with Gasteiger partial charge >= 0.3 is 0 Å². The van der Waals surface area contributed by atoms with Crippen molar-refractivity contribution in [2.45, 2.75) is 12.8 Å². The van der Waals surface area contributed by atoms with E-state index in [-0.39, 0.29) is 11.7 Å². The highest BCUT2D eigenvalue weighted by Gasteiger charge is 2.14. The molecule has 0 unspecified atom stereocenters. The van der Waals surface area contributed by atoms with Crippen molar-refractivity contribution >= 4 is 11.7 Å². The number of rotatable bonds is 6. The van der Waals surface area contributed by atoms with E-state index < -0.39 is 0 Å². The van der Waals surface area contributed by atoms with Gasteiger partial charge in [-0.25, -0.2) is 9.97 Å². The lowest BCUT2D eigenvalue weighted by Gasteiger charge is -2.12. The number of anilines is 1. The number of aryl methyl sites for hydroxylation is 1. The molecule has 0 radical (unpaired) electrons. The molecule has 30 heavy (non-hydrogen) atoms. The second-order valence-corrected chi connectivity index (χ2v) is 6.90.